The Morgan fingerprint density at radius 2 is 1.29 bits per heavy atom. The minimum Gasteiger partial charge on any atom is -0.309 e. The van der Waals surface area contributed by atoms with Gasteiger partial charge in [0.1, 0.15) is 0 Å². The molecule has 0 heterocycles. The van der Waals surface area contributed by atoms with E-state index in [1.54, 1.807) is 0 Å². The Morgan fingerprint density at radius 3 is 1.90 bits per heavy atom. The zero-order valence-corrected chi connectivity index (χ0v) is 16.7. The Morgan fingerprint density at radius 1 is 0.714 bits per heavy atom. The normalized spacial score (nSPS) is 13.0. The summed E-state index contributed by atoms with van der Waals surface area (Å²) < 4.78 is 0. The van der Waals surface area contributed by atoms with Crippen LogP contribution in [0.5, 0.6) is 0 Å². The van der Waals surface area contributed by atoms with Crippen molar-refractivity contribution in [2.75, 3.05) is 32.1 Å². The number of rotatable bonds is 16. The molecule has 0 aliphatic carbocycles. The molecule has 1 unspecified atom stereocenters. The summed E-state index contributed by atoms with van der Waals surface area (Å²) in [5.41, 5.74) is 0. The summed E-state index contributed by atoms with van der Waals surface area (Å²) in [5.74, 6) is 3.60. The van der Waals surface area contributed by atoms with Crippen LogP contribution in [0.3, 0.4) is 0 Å². The summed E-state index contributed by atoms with van der Waals surface area (Å²) in [6.45, 7) is 5.82. The van der Waals surface area contributed by atoms with Gasteiger partial charge in [-0.15, -0.1) is 0 Å². The van der Waals surface area contributed by atoms with E-state index < -0.39 is 0 Å². The molecule has 0 N–H and O–H groups in total. The average Bonchev–Trinajstić information content (AvgIpc) is 2.46. The summed E-state index contributed by atoms with van der Waals surface area (Å²) in [7, 11) is 8.47. The predicted molar refractivity (Wildman–Crippen MR) is 104 cm³/mol. The van der Waals surface area contributed by atoms with Gasteiger partial charge in [-0.1, -0.05) is 93.2 Å². The van der Waals surface area contributed by atoms with E-state index in [1.165, 1.54) is 82.3 Å². The van der Waals surface area contributed by atoms with Gasteiger partial charge in [0.05, 0.1) is 0 Å². The molecule has 0 radical (unpaired) electrons. The molecule has 0 saturated heterocycles. The molecule has 1 atom stereocenters. The van der Waals surface area contributed by atoms with Crippen LogP contribution in [-0.2, 0) is 0 Å². The Hall–Kier alpha value is 0.660. The minimum atomic E-state index is 0.996. The van der Waals surface area contributed by atoms with Crippen molar-refractivity contribution in [1.82, 2.24) is 4.90 Å². The summed E-state index contributed by atoms with van der Waals surface area (Å²) in [6.07, 6.45) is 14.3. The lowest BCUT2D eigenvalue weighted by atomic mass is 9.92. The first-order valence-electron chi connectivity index (χ1n) is 9.09. The van der Waals surface area contributed by atoms with Gasteiger partial charge in [0.2, 0.25) is 0 Å². The van der Waals surface area contributed by atoms with Crippen LogP contribution in [0.2, 0.25) is 0 Å². The van der Waals surface area contributed by atoms with Crippen LogP contribution in [-0.4, -0.2) is 37.0 Å². The molecule has 1 nitrogen and oxygen atoms in total. The first kappa shape index (κ1) is 21.7. The van der Waals surface area contributed by atoms with Crippen molar-refractivity contribution in [2.45, 2.75) is 78.1 Å². The van der Waals surface area contributed by atoms with E-state index >= 15 is 0 Å². The highest BCUT2D eigenvalue weighted by molar-refractivity contribution is 8.76. The molecule has 0 amide bonds. The average molecular weight is 334 g/mol. The molecular weight excluding hydrogens is 294 g/mol. The maximum absolute atomic E-state index is 2.31. The highest BCUT2D eigenvalue weighted by Gasteiger charge is 2.08. The van der Waals surface area contributed by atoms with Gasteiger partial charge >= 0.3 is 0 Å². The van der Waals surface area contributed by atoms with E-state index in [-0.39, 0.29) is 0 Å². The van der Waals surface area contributed by atoms with Gasteiger partial charge in [-0.05, 0) is 26.4 Å². The third kappa shape index (κ3) is 16.9. The highest BCUT2D eigenvalue weighted by Crippen LogP contribution is 2.27. The lowest BCUT2D eigenvalue weighted by Gasteiger charge is -2.16. The van der Waals surface area contributed by atoms with Crippen molar-refractivity contribution in [3.05, 3.63) is 0 Å². The third-order valence-electron chi connectivity index (χ3n) is 4.00. The summed E-state index contributed by atoms with van der Waals surface area (Å²) in [4.78, 5) is 2.27. The van der Waals surface area contributed by atoms with Crippen LogP contribution in [0.15, 0.2) is 0 Å². The minimum absolute atomic E-state index is 0.996. The Bertz CT molecular complexity index is 198. The molecule has 0 bridgehead atoms. The number of hydrogen-bond donors (Lipinski definition) is 0. The zero-order chi connectivity index (χ0) is 15.8. The topological polar surface area (TPSA) is 3.24 Å². The van der Waals surface area contributed by atoms with E-state index in [1.807, 2.05) is 0 Å². The molecule has 0 aliphatic rings. The van der Waals surface area contributed by atoms with E-state index in [4.69, 9.17) is 0 Å². The van der Waals surface area contributed by atoms with Gasteiger partial charge in [-0.25, -0.2) is 0 Å². The van der Waals surface area contributed by atoms with Crippen LogP contribution >= 0.6 is 21.6 Å². The molecule has 21 heavy (non-hydrogen) atoms. The second-order valence-corrected chi connectivity index (χ2v) is 9.15. The Kier molecular flexibility index (Phi) is 17.6. The van der Waals surface area contributed by atoms with Crippen LogP contribution in [0, 0.1) is 5.92 Å². The van der Waals surface area contributed by atoms with Crippen molar-refractivity contribution in [2.24, 2.45) is 5.92 Å². The monoisotopic (exact) mass is 333 g/mol. The number of nitrogens with zero attached hydrogens (tertiary/aromatic N) is 1. The third-order valence-corrected chi connectivity index (χ3v) is 6.41. The van der Waals surface area contributed by atoms with E-state index in [2.05, 4.69) is 54.4 Å². The van der Waals surface area contributed by atoms with Crippen LogP contribution in [0.25, 0.3) is 0 Å². The molecule has 0 aromatic carbocycles. The summed E-state index contributed by atoms with van der Waals surface area (Å²) in [6, 6.07) is 0. The Balaban J connectivity index is 3.65. The van der Waals surface area contributed by atoms with Gasteiger partial charge in [-0.3, -0.25) is 0 Å². The standard InChI is InChI=1S/C18H39NS2/c1-5-7-9-11-13-18(12-10-8-6-2)14-16-20-21-17-15-19(3)4/h18H,5-17H2,1-4H3. The number of unbranched alkanes of at least 4 members (excludes halogenated alkanes) is 5. The summed E-state index contributed by atoms with van der Waals surface area (Å²) >= 11 is 0. The lowest BCUT2D eigenvalue weighted by molar-refractivity contribution is 0.400. The predicted octanol–water partition coefficient (Wildman–Crippen LogP) is 6.49. The first-order chi connectivity index (χ1) is 10.2. The van der Waals surface area contributed by atoms with E-state index in [9.17, 15) is 0 Å². The summed E-state index contributed by atoms with van der Waals surface area (Å²) in [5, 5.41) is 0. The fraction of sp³-hybridized carbons (Fsp3) is 1.00. The molecular formula is C18H39NS2. The molecule has 0 saturated carbocycles. The van der Waals surface area contributed by atoms with Crippen LogP contribution in [0.4, 0.5) is 0 Å². The first-order valence-corrected chi connectivity index (χ1v) is 11.6. The maximum atomic E-state index is 2.31. The van der Waals surface area contributed by atoms with Crippen molar-refractivity contribution >= 4 is 21.6 Å². The van der Waals surface area contributed by atoms with Crippen LogP contribution < -0.4 is 0 Å². The molecule has 0 rings (SSSR count). The molecule has 0 aliphatic heterocycles. The quantitative estimate of drug-likeness (QED) is 0.235. The Labute approximate surface area is 142 Å². The van der Waals surface area contributed by atoms with Gasteiger partial charge < -0.3 is 4.90 Å². The van der Waals surface area contributed by atoms with Gasteiger partial charge in [0.25, 0.3) is 0 Å². The van der Waals surface area contributed by atoms with Crippen molar-refractivity contribution < 1.29 is 0 Å². The fourth-order valence-electron chi connectivity index (χ4n) is 2.53. The van der Waals surface area contributed by atoms with Crippen molar-refractivity contribution in [3.63, 3.8) is 0 Å². The molecule has 0 fully saturated rings. The van der Waals surface area contributed by atoms with Gasteiger partial charge in [0.15, 0.2) is 0 Å². The molecule has 3 heteroatoms. The molecule has 0 aromatic rings. The van der Waals surface area contributed by atoms with Gasteiger partial charge in [-0.2, -0.15) is 0 Å². The zero-order valence-electron chi connectivity index (χ0n) is 15.0. The largest absolute Gasteiger partial charge is 0.309 e. The second-order valence-electron chi connectivity index (χ2n) is 6.45. The number of hydrogen-bond acceptors (Lipinski definition) is 3. The van der Waals surface area contributed by atoms with Gasteiger partial charge in [0, 0.05) is 18.1 Å². The smallest absolute Gasteiger partial charge is 0.0165 e. The second kappa shape index (κ2) is 17.0. The lowest BCUT2D eigenvalue weighted by Crippen LogP contribution is -2.14. The van der Waals surface area contributed by atoms with Crippen LogP contribution in [0.1, 0.15) is 78.1 Å². The SMILES string of the molecule is CCCCCCC(CCCCC)CCSSCCN(C)C. The van der Waals surface area contributed by atoms with E-state index in [0.29, 0.717) is 0 Å². The molecule has 0 spiro atoms. The maximum Gasteiger partial charge on any atom is 0.0165 e. The fourth-order valence-corrected chi connectivity index (χ4v) is 4.85. The van der Waals surface area contributed by atoms with E-state index in [0.717, 1.165) is 5.92 Å². The molecule has 128 valence electrons. The molecule has 0 aromatic heterocycles. The highest BCUT2D eigenvalue weighted by atomic mass is 33.1. The van der Waals surface area contributed by atoms with Crippen molar-refractivity contribution in [1.29, 1.82) is 0 Å². The van der Waals surface area contributed by atoms with Crippen molar-refractivity contribution in [3.8, 4) is 0 Å².